The van der Waals surface area contributed by atoms with E-state index in [1.807, 2.05) is 0 Å². The van der Waals surface area contributed by atoms with E-state index in [0.717, 1.165) is 6.07 Å². The van der Waals surface area contributed by atoms with Crippen molar-refractivity contribution in [3.8, 4) is 0 Å². The molecule has 176 valence electrons. The van der Waals surface area contributed by atoms with Crippen molar-refractivity contribution in [2.45, 2.75) is 17.9 Å². The molecule has 1 aliphatic rings. The van der Waals surface area contributed by atoms with Gasteiger partial charge in [-0.3, -0.25) is 14.9 Å². The summed E-state index contributed by atoms with van der Waals surface area (Å²) in [4.78, 5) is 34.8. The largest absolute Gasteiger partial charge is 0.449 e. The van der Waals surface area contributed by atoms with Gasteiger partial charge in [-0.1, -0.05) is 11.6 Å². The van der Waals surface area contributed by atoms with Crippen LogP contribution in [0.25, 0.3) is 0 Å². The zero-order chi connectivity index (χ0) is 24.2. The van der Waals surface area contributed by atoms with E-state index in [9.17, 15) is 28.1 Å². The Kier molecular flexibility index (Phi) is 7.64. The second-order valence-electron chi connectivity index (χ2n) is 7.00. The molecule has 0 spiro atoms. The average Bonchev–Trinajstić information content (AvgIpc) is 2.80. The maximum absolute atomic E-state index is 12.9. The van der Waals surface area contributed by atoms with E-state index in [1.54, 1.807) is 0 Å². The Labute approximate surface area is 194 Å². The molecule has 2 aromatic rings. The Bertz CT molecular complexity index is 1160. The fourth-order valence-corrected chi connectivity index (χ4v) is 4.85. The molecule has 0 aromatic heterocycles. The van der Waals surface area contributed by atoms with Gasteiger partial charge in [0.1, 0.15) is 4.90 Å². The molecule has 1 atom stereocenters. The minimum Gasteiger partial charge on any atom is -0.449 e. The second-order valence-corrected chi connectivity index (χ2v) is 9.32. The number of carbonyl (C=O) groups excluding carboxylic acids is 2. The molecule has 0 bridgehead atoms. The lowest BCUT2D eigenvalue weighted by Crippen LogP contribution is -2.40. The zero-order valence-corrected chi connectivity index (χ0v) is 19.0. The molecule has 1 amide bonds. The lowest BCUT2D eigenvalue weighted by atomic mass is 10.2. The van der Waals surface area contributed by atoms with Crippen LogP contribution in [-0.2, 0) is 24.3 Å². The van der Waals surface area contributed by atoms with Crippen molar-refractivity contribution in [2.75, 3.05) is 31.6 Å². The molecular weight excluding hydrogens is 478 g/mol. The molecule has 1 heterocycles. The summed E-state index contributed by atoms with van der Waals surface area (Å²) in [6.07, 6.45) is -1.23. The summed E-state index contributed by atoms with van der Waals surface area (Å²) in [7, 11) is -3.96. The van der Waals surface area contributed by atoms with Crippen LogP contribution in [0.15, 0.2) is 47.4 Å². The van der Waals surface area contributed by atoms with Crippen molar-refractivity contribution in [2.24, 2.45) is 0 Å². The minimum atomic E-state index is -3.96. The van der Waals surface area contributed by atoms with Crippen LogP contribution in [0.2, 0.25) is 5.02 Å². The van der Waals surface area contributed by atoms with Gasteiger partial charge < -0.3 is 14.8 Å². The lowest BCUT2D eigenvalue weighted by molar-refractivity contribution is -0.384. The monoisotopic (exact) mass is 497 g/mol. The van der Waals surface area contributed by atoms with Crippen molar-refractivity contribution in [3.05, 3.63) is 63.2 Å². The normalized spacial score (nSPS) is 15.5. The van der Waals surface area contributed by atoms with Crippen molar-refractivity contribution in [3.63, 3.8) is 0 Å². The van der Waals surface area contributed by atoms with Crippen molar-refractivity contribution in [1.82, 2.24) is 4.31 Å². The number of anilines is 1. The topological polar surface area (TPSA) is 145 Å². The molecule has 0 radical (unpaired) electrons. The van der Waals surface area contributed by atoms with E-state index < -0.39 is 32.9 Å². The van der Waals surface area contributed by atoms with Gasteiger partial charge in [-0.2, -0.15) is 4.31 Å². The molecule has 2 aromatic carbocycles. The summed E-state index contributed by atoms with van der Waals surface area (Å²) in [6, 6.07) is 8.79. The highest BCUT2D eigenvalue weighted by Crippen LogP contribution is 2.27. The smallest absolute Gasteiger partial charge is 0.338 e. The number of non-ortho nitro benzene ring substituents is 1. The second kappa shape index (κ2) is 10.3. The molecule has 1 unspecified atom stereocenters. The van der Waals surface area contributed by atoms with Crippen LogP contribution in [0.5, 0.6) is 0 Å². The van der Waals surface area contributed by atoms with Crippen LogP contribution in [0.4, 0.5) is 11.4 Å². The maximum Gasteiger partial charge on any atom is 0.338 e. The van der Waals surface area contributed by atoms with Gasteiger partial charge in [0.05, 0.1) is 28.7 Å². The zero-order valence-electron chi connectivity index (χ0n) is 17.4. The van der Waals surface area contributed by atoms with Gasteiger partial charge >= 0.3 is 5.97 Å². The van der Waals surface area contributed by atoms with Gasteiger partial charge in [-0.15, -0.1) is 0 Å². The number of esters is 1. The van der Waals surface area contributed by atoms with Crippen LogP contribution >= 0.6 is 11.6 Å². The Morgan fingerprint density at radius 1 is 1.18 bits per heavy atom. The highest BCUT2D eigenvalue weighted by Gasteiger charge is 2.30. The number of halogens is 1. The molecule has 1 saturated heterocycles. The summed E-state index contributed by atoms with van der Waals surface area (Å²) in [6.45, 7) is 2.15. The van der Waals surface area contributed by atoms with Crippen molar-refractivity contribution < 1.29 is 32.4 Å². The van der Waals surface area contributed by atoms with E-state index in [2.05, 4.69) is 5.32 Å². The number of hydrogen-bond donors (Lipinski definition) is 1. The molecule has 11 nitrogen and oxygen atoms in total. The number of nitrogens with zero attached hydrogens (tertiary/aromatic N) is 2. The summed E-state index contributed by atoms with van der Waals surface area (Å²) >= 11 is 6.09. The molecule has 1 N–H and O–H groups in total. The molecule has 0 saturated carbocycles. The van der Waals surface area contributed by atoms with Gasteiger partial charge in [0, 0.05) is 30.9 Å². The van der Waals surface area contributed by atoms with E-state index in [0.29, 0.717) is 0 Å². The third kappa shape index (κ3) is 5.85. The predicted octanol–water partition coefficient (Wildman–Crippen LogP) is 2.45. The number of amides is 1. The summed E-state index contributed by atoms with van der Waals surface area (Å²) in [5.41, 5.74) is 0.0400. The fraction of sp³-hybridized carbons (Fsp3) is 0.300. The Balaban J connectivity index is 1.69. The number of ether oxygens (including phenoxy) is 2. The third-order valence-electron chi connectivity index (χ3n) is 4.75. The highest BCUT2D eigenvalue weighted by atomic mass is 35.5. The van der Waals surface area contributed by atoms with Crippen LogP contribution in [0.3, 0.4) is 0 Å². The van der Waals surface area contributed by atoms with Crippen LogP contribution in [-0.4, -0.2) is 61.9 Å². The number of carbonyl (C=O) groups is 2. The summed E-state index contributed by atoms with van der Waals surface area (Å²) in [5, 5.41) is 13.1. The maximum atomic E-state index is 12.9. The standard InChI is InChI=1S/C20H20ClN3O8S/c1-13(19(25)22-15-3-5-16(6-4-15)24(27)28)32-20(26)14-2-7-17(21)18(12-14)33(29,30)23-8-10-31-11-9-23/h2-7,12-13H,8-11H2,1H3,(H,22,25). The Morgan fingerprint density at radius 3 is 2.42 bits per heavy atom. The number of benzene rings is 2. The van der Waals surface area contributed by atoms with Gasteiger partial charge in [0.2, 0.25) is 10.0 Å². The Hall–Kier alpha value is -3.06. The first-order valence-electron chi connectivity index (χ1n) is 9.73. The van der Waals surface area contributed by atoms with Crippen LogP contribution < -0.4 is 5.32 Å². The van der Waals surface area contributed by atoms with Gasteiger partial charge in [-0.25, -0.2) is 13.2 Å². The predicted molar refractivity (Wildman–Crippen MR) is 118 cm³/mol. The van der Waals surface area contributed by atoms with Gasteiger partial charge in [0.25, 0.3) is 11.6 Å². The molecule has 1 aliphatic heterocycles. The van der Waals surface area contributed by atoms with Crippen molar-refractivity contribution in [1.29, 1.82) is 0 Å². The number of sulfonamides is 1. The number of rotatable bonds is 7. The first-order chi connectivity index (χ1) is 15.6. The SMILES string of the molecule is CC(OC(=O)c1ccc(Cl)c(S(=O)(=O)N2CCOCC2)c1)C(=O)Nc1ccc([N+](=O)[O-])cc1. The molecular formula is C20H20ClN3O8S. The third-order valence-corrected chi connectivity index (χ3v) is 7.13. The number of nitro benzene ring substituents is 1. The van der Waals surface area contributed by atoms with E-state index in [4.69, 9.17) is 21.1 Å². The minimum absolute atomic E-state index is 0.0537. The van der Waals surface area contributed by atoms with Crippen molar-refractivity contribution >= 4 is 44.9 Å². The Morgan fingerprint density at radius 2 is 1.82 bits per heavy atom. The van der Waals surface area contributed by atoms with E-state index in [1.165, 1.54) is 47.6 Å². The van der Waals surface area contributed by atoms with Gasteiger partial charge in [-0.05, 0) is 37.3 Å². The van der Waals surface area contributed by atoms with Gasteiger partial charge in [0.15, 0.2) is 6.10 Å². The van der Waals surface area contributed by atoms with E-state index in [-0.39, 0.29) is 53.2 Å². The molecule has 13 heteroatoms. The number of morpholine rings is 1. The lowest BCUT2D eigenvalue weighted by Gasteiger charge is -2.26. The van der Waals surface area contributed by atoms with Crippen LogP contribution in [0, 0.1) is 10.1 Å². The first kappa shape index (κ1) is 24.6. The number of nitrogens with one attached hydrogen (secondary N) is 1. The highest BCUT2D eigenvalue weighted by molar-refractivity contribution is 7.89. The molecule has 0 aliphatic carbocycles. The average molecular weight is 498 g/mol. The quantitative estimate of drug-likeness (QED) is 0.349. The molecule has 1 fully saturated rings. The summed E-state index contributed by atoms with van der Waals surface area (Å²) < 4.78 is 37.4. The first-order valence-corrected chi connectivity index (χ1v) is 11.5. The summed E-state index contributed by atoms with van der Waals surface area (Å²) in [5.74, 6) is -1.59. The number of hydrogen-bond acceptors (Lipinski definition) is 8. The van der Waals surface area contributed by atoms with Crippen LogP contribution in [0.1, 0.15) is 17.3 Å². The molecule has 3 rings (SSSR count). The molecule has 33 heavy (non-hydrogen) atoms. The fourth-order valence-electron chi connectivity index (χ4n) is 2.95. The van der Waals surface area contributed by atoms with E-state index >= 15 is 0 Å². The number of nitro groups is 1.